The maximum atomic E-state index is 12.7. The summed E-state index contributed by atoms with van der Waals surface area (Å²) in [6.45, 7) is 0. The van der Waals surface area contributed by atoms with Crippen LogP contribution in [-0.2, 0) is 0 Å². The molecule has 31 heavy (non-hydrogen) atoms. The summed E-state index contributed by atoms with van der Waals surface area (Å²) in [6, 6.07) is 16.6. The van der Waals surface area contributed by atoms with Crippen LogP contribution in [0.2, 0.25) is 0 Å². The summed E-state index contributed by atoms with van der Waals surface area (Å²) in [6.07, 6.45) is 6.76. The maximum Gasteiger partial charge on any atom is 0.255 e. The number of nitrogens with one attached hydrogen (secondary N) is 1. The zero-order valence-corrected chi connectivity index (χ0v) is 16.1. The Morgan fingerprint density at radius 1 is 0.710 bits per heavy atom. The Labute approximate surface area is 175 Å². The Morgan fingerprint density at radius 2 is 1.39 bits per heavy atom. The number of nitrogens with zero attached hydrogens (tertiary/aromatic N) is 5. The molecule has 0 unspecified atom stereocenters. The van der Waals surface area contributed by atoms with Crippen LogP contribution in [0.25, 0.3) is 43.9 Å². The first-order valence-corrected chi connectivity index (χ1v) is 9.72. The lowest BCUT2D eigenvalue weighted by Crippen LogP contribution is -2.12. The van der Waals surface area contributed by atoms with Crippen molar-refractivity contribution in [3.05, 3.63) is 84.9 Å². The second kappa shape index (κ2) is 6.77. The molecule has 2 aromatic carbocycles. The topological polar surface area (TPSA) is 93.6 Å². The molecule has 0 saturated carbocycles. The molecule has 1 amide bonds. The highest BCUT2D eigenvalue weighted by molar-refractivity contribution is 6.21. The van der Waals surface area contributed by atoms with Gasteiger partial charge in [-0.15, -0.1) is 0 Å². The van der Waals surface area contributed by atoms with Crippen molar-refractivity contribution >= 4 is 55.5 Å². The number of fused-ring (bicyclic) bond motifs is 7. The van der Waals surface area contributed by atoms with Gasteiger partial charge in [0, 0.05) is 34.9 Å². The lowest BCUT2D eigenvalue weighted by Gasteiger charge is -2.09. The number of aromatic nitrogens is 5. The van der Waals surface area contributed by atoms with Gasteiger partial charge < -0.3 is 5.32 Å². The number of hydrogen-bond donors (Lipinski definition) is 1. The van der Waals surface area contributed by atoms with Gasteiger partial charge in [-0.25, -0.2) is 9.97 Å². The van der Waals surface area contributed by atoms with Crippen molar-refractivity contribution in [2.75, 3.05) is 5.32 Å². The lowest BCUT2D eigenvalue weighted by atomic mass is 10.1. The van der Waals surface area contributed by atoms with Crippen LogP contribution in [-0.4, -0.2) is 30.8 Å². The molecule has 4 aromatic heterocycles. The summed E-state index contributed by atoms with van der Waals surface area (Å²) in [5, 5.41) is 4.62. The van der Waals surface area contributed by atoms with E-state index in [0.29, 0.717) is 22.3 Å². The predicted molar refractivity (Wildman–Crippen MR) is 120 cm³/mol. The van der Waals surface area contributed by atoms with Gasteiger partial charge in [0.05, 0.1) is 45.0 Å². The summed E-state index contributed by atoms with van der Waals surface area (Å²) in [7, 11) is 0. The lowest BCUT2D eigenvalue weighted by molar-refractivity contribution is 0.102. The largest absolute Gasteiger partial charge is 0.321 e. The number of amides is 1. The molecule has 0 bridgehead atoms. The fourth-order valence-corrected chi connectivity index (χ4v) is 3.78. The van der Waals surface area contributed by atoms with E-state index in [9.17, 15) is 4.79 Å². The van der Waals surface area contributed by atoms with Crippen LogP contribution in [0.5, 0.6) is 0 Å². The third-order valence-electron chi connectivity index (χ3n) is 5.20. The Kier molecular flexibility index (Phi) is 3.79. The quantitative estimate of drug-likeness (QED) is 0.338. The normalized spacial score (nSPS) is 11.4. The third kappa shape index (κ3) is 2.83. The fourth-order valence-electron chi connectivity index (χ4n) is 3.78. The number of anilines is 1. The Morgan fingerprint density at radius 3 is 2.06 bits per heavy atom. The zero-order valence-electron chi connectivity index (χ0n) is 16.1. The van der Waals surface area contributed by atoms with Crippen LogP contribution in [0, 0.1) is 0 Å². The number of pyridine rings is 3. The maximum absolute atomic E-state index is 12.7. The average Bonchev–Trinajstić information content (AvgIpc) is 2.83. The smallest absolute Gasteiger partial charge is 0.255 e. The summed E-state index contributed by atoms with van der Waals surface area (Å²) in [5.74, 6) is -0.231. The number of carbonyl (C=O) groups excluding carboxylic acids is 1. The second-order valence-corrected chi connectivity index (χ2v) is 7.12. The van der Waals surface area contributed by atoms with E-state index in [2.05, 4.69) is 20.3 Å². The van der Waals surface area contributed by atoms with E-state index in [1.165, 1.54) is 0 Å². The highest BCUT2D eigenvalue weighted by Gasteiger charge is 2.15. The van der Waals surface area contributed by atoms with E-state index >= 15 is 0 Å². The van der Waals surface area contributed by atoms with Crippen LogP contribution in [0.1, 0.15) is 10.4 Å². The van der Waals surface area contributed by atoms with E-state index in [0.717, 1.165) is 32.8 Å². The molecule has 1 N–H and O–H groups in total. The van der Waals surface area contributed by atoms with Gasteiger partial charge in [0.1, 0.15) is 0 Å². The van der Waals surface area contributed by atoms with Crippen molar-refractivity contribution in [1.82, 2.24) is 24.9 Å². The van der Waals surface area contributed by atoms with Gasteiger partial charge in [0.2, 0.25) is 0 Å². The summed E-state index contributed by atoms with van der Waals surface area (Å²) in [4.78, 5) is 35.5. The minimum atomic E-state index is -0.231. The zero-order chi connectivity index (χ0) is 20.8. The highest BCUT2D eigenvalue weighted by Crippen LogP contribution is 2.31. The highest BCUT2D eigenvalue weighted by atomic mass is 16.1. The van der Waals surface area contributed by atoms with Gasteiger partial charge in [-0.05, 0) is 54.6 Å². The van der Waals surface area contributed by atoms with Crippen LogP contribution >= 0.6 is 0 Å². The Hall–Kier alpha value is -4.52. The van der Waals surface area contributed by atoms with Crippen LogP contribution in [0.15, 0.2) is 79.4 Å². The number of hydrogen-bond acceptors (Lipinski definition) is 6. The third-order valence-corrected chi connectivity index (χ3v) is 5.20. The van der Waals surface area contributed by atoms with Crippen LogP contribution < -0.4 is 5.32 Å². The molecule has 0 aliphatic carbocycles. The van der Waals surface area contributed by atoms with Gasteiger partial charge in [0.25, 0.3) is 5.91 Å². The van der Waals surface area contributed by atoms with Gasteiger partial charge in [-0.3, -0.25) is 19.7 Å². The summed E-state index contributed by atoms with van der Waals surface area (Å²) in [5.41, 5.74) is 5.56. The van der Waals surface area contributed by atoms with Crippen molar-refractivity contribution in [1.29, 1.82) is 0 Å². The molecule has 0 spiro atoms. The fraction of sp³-hybridized carbons (Fsp3) is 0. The van der Waals surface area contributed by atoms with Crippen molar-refractivity contribution in [2.24, 2.45) is 0 Å². The van der Waals surface area contributed by atoms with Crippen LogP contribution in [0.3, 0.4) is 0 Å². The molecule has 7 nitrogen and oxygen atoms in total. The van der Waals surface area contributed by atoms with Gasteiger partial charge in [0.15, 0.2) is 0 Å². The first kappa shape index (κ1) is 17.3. The molecule has 0 fully saturated rings. The monoisotopic (exact) mass is 402 g/mol. The van der Waals surface area contributed by atoms with E-state index in [1.807, 2.05) is 30.3 Å². The van der Waals surface area contributed by atoms with E-state index < -0.39 is 0 Å². The molecule has 0 aliphatic heterocycles. The van der Waals surface area contributed by atoms with E-state index in [1.54, 1.807) is 49.1 Å². The summed E-state index contributed by atoms with van der Waals surface area (Å²) < 4.78 is 0. The minimum Gasteiger partial charge on any atom is -0.321 e. The van der Waals surface area contributed by atoms with Gasteiger partial charge in [-0.2, -0.15) is 0 Å². The molecule has 6 rings (SSSR count). The van der Waals surface area contributed by atoms with Crippen LogP contribution in [0.4, 0.5) is 5.69 Å². The molecule has 7 heteroatoms. The van der Waals surface area contributed by atoms with Gasteiger partial charge in [-0.1, -0.05) is 0 Å². The Balaban J connectivity index is 1.57. The molecule has 146 valence electrons. The first-order valence-electron chi connectivity index (χ1n) is 9.72. The van der Waals surface area contributed by atoms with Crippen molar-refractivity contribution in [3.8, 4) is 0 Å². The molecule has 0 aliphatic rings. The predicted octanol–water partition coefficient (Wildman–Crippen LogP) is 4.53. The minimum absolute atomic E-state index is 0.231. The SMILES string of the molecule is O=C(Nc1cccnc1)c1ccc2nc3c4cccnc4c4ncccc4c3nc2c1. The number of benzene rings is 2. The van der Waals surface area contributed by atoms with E-state index in [4.69, 9.17) is 9.97 Å². The van der Waals surface area contributed by atoms with Crippen molar-refractivity contribution < 1.29 is 4.79 Å². The van der Waals surface area contributed by atoms with Crippen molar-refractivity contribution in [3.63, 3.8) is 0 Å². The number of carbonyl (C=O) groups is 1. The standard InChI is InChI=1S/C24H14N6O/c31-24(28-15-4-1-9-25-13-15)14-7-8-18-19(12-14)30-23-17-6-3-11-27-21(17)20-16(22(23)29-18)5-2-10-26-20/h1-13H,(H,28,31). The molecular weight excluding hydrogens is 388 g/mol. The molecule has 0 atom stereocenters. The molecule has 4 heterocycles. The van der Waals surface area contributed by atoms with Gasteiger partial charge >= 0.3 is 0 Å². The number of rotatable bonds is 2. The average molecular weight is 402 g/mol. The summed E-state index contributed by atoms with van der Waals surface area (Å²) >= 11 is 0. The molecule has 6 aromatic rings. The van der Waals surface area contributed by atoms with E-state index in [-0.39, 0.29) is 5.91 Å². The molecular formula is C24H14N6O. The Bertz CT molecular complexity index is 1630. The second-order valence-electron chi connectivity index (χ2n) is 7.12. The first-order chi connectivity index (χ1) is 15.3. The molecule has 0 saturated heterocycles. The van der Waals surface area contributed by atoms with Crippen molar-refractivity contribution in [2.45, 2.75) is 0 Å². The molecule has 0 radical (unpaired) electrons.